The summed E-state index contributed by atoms with van der Waals surface area (Å²) in [5.74, 6) is 0. The van der Waals surface area contributed by atoms with E-state index in [4.69, 9.17) is 0 Å². The third-order valence-corrected chi connectivity index (χ3v) is 4.42. The normalized spacial score (nSPS) is 14.3. The fourth-order valence-corrected chi connectivity index (χ4v) is 2.97. The summed E-state index contributed by atoms with van der Waals surface area (Å²) in [5.41, 5.74) is 3.69. The Morgan fingerprint density at radius 1 is 0.917 bits per heavy atom. The lowest BCUT2D eigenvalue weighted by atomic mass is 10.1. The molecule has 2 aromatic rings. The van der Waals surface area contributed by atoms with Crippen molar-refractivity contribution in [3.05, 3.63) is 59.7 Å². The number of unbranched alkanes of at least 4 members (excludes halogenated alkanes) is 1. The second-order valence-corrected chi connectivity index (χ2v) is 6.07. The summed E-state index contributed by atoms with van der Waals surface area (Å²) < 4.78 is 0. The van der Waals surface area contributed by atoms with Crippen molar-refractivity contribution in [2.75, 3.05) is 22.9 Å². The van der Waals surface area contributed by atoms with Gasteiger partial charge in [0.15, 0.2) is 0 Å². The highest BCUT2D eigenvalue weighted by atomic mass is 16.2. The predicted molar refractivity (Wildman–Crippen MR) is 97.0 cm³/mol. The summed E-state index contributed by atoms with van der Waals surface area (Å²) >= 11 is 0. The minimum Gasteiger partial charge on any atom is -0.298 e. The molecule has 0 atom stereocenters. The number of hydrogen-bond donors (Lipinski definition) is 0. The highest BCUT2D eigenvalue weighted by Gasteiger charge is 2.30. The molecule has 2 amide bonds. The van der Waals surface area contributed by atoms with E-state index < -0.39 is 0 Å². The maximum absolute atomic E-state index is 12.7. The van der Waals surface area contributed by atoms with Gasteiger partial charge >= 0.3 is 6.03 Å². The molecule has 24 heavy (non-hydrogen) atoms. The number of amides is 2. The molecule has 0 bridgehead atoms. The first kappa shape index (κ1) is 16.2. The molecule has 0 aliphatic carbocycles. The average Bonchev–Trinajstić information content (AvgIpc) is 3.02. The van der Waals surface area contributed by atoms with Crippen LogP contribution in [0.4, 0.5) is 16.2 Å². The number of rotatable bonds is 6. The van der Waals surface area contributed by atoms with Gasteiger partial charge < -0.3 is 0 Å². The van der Waals surface area contributed by atoms with Crippen LogP contribution in [0.2, 0.25) is 0 Å². The second kappa shape index (κ2) is 7.30. The van der Waals surface area contributed by atoms with E-state index >= 15 is 0 Å². The number of anilines is 2. The zero-order valence-electron chi connectivity index (χ0n) is 13.9. The zero-order valence-corrected chi connectivity index (χ0v) is 13.9. The van der Waals surface area contributed by atoms with E-state index in [1.54, 1.807) is 21.9 Å². The van der Waals surface area contributed by atoms with Crippen LogP contribution in [0.1, 0.15) is 35.7 Å². The Labute approximate surface area is 142 Å². The van der Waals surface area contributed by atoms with Crippen molar-refractivity contribution in [3.63, 3.8) is 0 Å². The number of nitrogens with zero attached hydrogens (tertiary/aromatic N) is 2. The number of hydrogen-bond acceptors (Lipinski definition) is 2. The maximum atomic E-state index is 12.7. The van der Waals surface area contributed by atoms with Crippen molar-refractivity contribution < 1.29 is 9.59 Å². The van der Waals surface area contributed by atoms with Crippen molar-refractivity contribution in [2.45, 2.75) is 26.2 Å². The SMILES string of the molecule is CCCCc1ccc(N2CCN(c3ccc(C=O)cc3)C2=O)cc1. The molecule has 124 valence electrons. The Hall–Kier alpha value is -2.62. The molecule has 4 nitrogen and oxygen atoms in total. The standard InChI is InChI=1S/C20H22N2O2/c1-2-3-4-16-5-9-18(10-6-16)21-13-14-22(20(21)24)19-11-7-17(15-23)8-12-19/h5-12,15H,2-4,13-14H2,1H3. The van der Waals surface area contributed by atoms with E-state index in [9.17, 15) is 9.59 Å². The molecule has 0 aromatic heterocycles. The lowest BCUT2D eigenvalue weighted by Crippen LogP contribution is -2.31. The lowest BCUT2D eigenvalue weighted by Gasteiger charge is -2.19. The molecule has 1 aliphatic heterocycles. The Balaban J connectivity index is 1.72. The molecular formula is C20H22N2O2. The third-order valence-electron chi connectivity index (χ3n) is 4.42. The minimum atomic E-state index is -0.0184. The fraction of sp³-hybridized carbons (Fsp3) is 0.300. The van der Waals surface area contributed by atoms with E-state index in [-0.39, 0.29) is 6.03 Å². The number of carbonyl (C=O) groups is 2. The van der Waals surface area contributed by atoms with Crippen molar-refractivity contribution in [3.8, 4) is 0 Å². The summed E-state index contributed by atoms with van der Waals surface area (Å²) in [6.07, 6.45) is 4.26. The number of benzene rings is 2. The van der Waals surface area contributed by atoms with Gasteiger partial charge in [-0.1, -0.05) is 25.5 Å². The van der Waals surface area contributed by atoms with Crippen LogP contribution >= 0.6 is 0 Å². The molecule has 1 saturated heterocycles. The van der Waals surface area contributed by atoms with Crippen LogP contribution in [0.5, 0.6) is 0 Å². The number of aryl methyl sites for hydroxylation is 1. The van der Waals surface area contributed by atoms with E-state index in [0.717, 1.165) is 24.1 Å². The van der Waals surface area contributed by atoms with Crippen LogP contribution in [0, 0.1) is 0 Å². The minimum absolute atomic E-state index is 0.0184. The van der Waals surface area contributed by atoms with Crippen molar-refractivity contribution in [2.24, 2.45) is 0 Å². The second-order valence-electron chi connectivity index (χ2n) is 6.07. The molecule has 1 aliphatic rings. The van der Waals surface area contributed by atoms with Gasteiger partial charge in [-0.3, -0.25) is 14.6 Å². The van der Waals surface area contributed by atoms with Crippen molar-refractivity contribution in [1.82, 2.24) is 0 Å². The average molecular weight is 322 g/mol. The Bertz CT molecular complexity index is 707. The van der Waals surface area contributed by atoms with Gasteiger partial charge in [0.25, 0.3) is 0 Å². The van der Waals surface area contributed by atoms with Gasteiger partial charge in [-0.25, -0.2) is 4.79 Å². The van der Waals surface area contributed by atoms with E-state index in [1.807, 2.05) is 24.3 Å². The smallest absolute Gasteiger partial charge is 0.298 e. The molecule has 2 aromatic carbocycles. The summed E-state index contributed by atoms with van der Waals surface area (Å²) in [5, 5.41) is 0. The van der Waals surface area contributed by atoms with Crippen molar-refractivity contribution in [1.29, 1.82) is 0 Å². The Morgan fingerprint density at radius 2 is 1.46 bits per heavy atom. The highest BCUT2D eigenvalue weighted by Crippen LogP contribution is 2.25. The van der Waals surface area contributed by atoms with E-state index in [1.165, 1.54) is 18.4 Å². The zero-order chi connectivity index (χ0) is 16.9. The van der Waals surface area contributed by atoms with Gasteiger partial charge in [-0.15, -0.1) is 0 Å². The van der Waals surface area contributed by atoms with Gasteiger partial charge in [-0.05, 0) is 54.8 Å². The molecular weight excluding hydrogens is 300 g/mol. The quantitative estimate of drug-likeness (QED) is 0.744. The van der Waals surface area contributed by atoms with Gasteiger partial charge in [-0.2, -0.15) is 0 Å². The monoisotopic (exact) mass is 322 g/mol. The van der Waals surface area contributed by atoms with E-state index in [0.29, 0.717) is 18.7 Å². The largest absolute Gasteiger partial charge is 0.329 e. The first-order chi connectivity index (χ1) is 11.7. The molecule has 4 heteroatoms. The van der Waals surface area contributed by atoms with Gasteiger partial charge in [0.2, 0.25) is 0 Å². The predicted octanol–water partition coefficient (Wildman–Crippen LogP) is 4.29. The molecule has 0 N–H and O–H groups in total. The molecule has 0 radical (unpaired) electrons. The topological polar surface area (TPSA) is 40.6 Å². The van der Waals surface area contributed by atoms with Crippen molar-refractivity contribution >= 4 is 23.7 Å². The Kier molecular flexibility index (Phi) is 4.94. The third kappa shape index (κ3) is 3.32. The van der Waals surface area contributed by atoms with Crippen LogP contribution in [0.3, 0.4) is 0 Å². The van der Waals surface area contributed by atoms with Crippen LogP contribution in [0.25, 0.3) is 0 Å². The molecule has 1 heterocycles. The van der Waals surface area contributed by atoms with Gasteiger partial charge in [0, 0.05) is 30.0 Å². The number of carbonyl (C=O) groups excluding carboxylic acids is 2. The maximum Gasteiger partial charge on any atom is 0.329 e. The van der Waals surface area contributed by atoms with Crippen LogP contribution in [-0.2, 0) is 6.42 Å². The summed E-state index contributed by atoms with van der Waals surface area (Å²) in [7, 11) is 0. The highest BCUT2D eigenvalue weighted by molar-refractivity contribution is 6.06. The Morgan fingerprint density at radius 3 is 1.96 bits per heavy atom. The van der Waals surface area contributed by atoms with Crippen LogP contribution < -0.4 is 9.80 Å². The molecule has 1 fully saturated rings. The lowest BCUT2D eigenvalue weighted by molar-refractivity contribution is 0.112. The van der Waals surface area contributed by atoms with Crippen LogP contribution in [-0.4, -0.2) is 25.4 Å². The summed E-state index contributed by atoms with van der Waals surface area (Å²) in [6, 6.07) is 15.4. The molecule has 0 saturated carbocycles. The molecule has 0 spiro atoms. The van der Waals surface area contributed by atoms with E-state index in [2.05, 4.69) is 19.1 Å². The molecule has 0 unspecified atom stereocenters. The first-order valence-electron chi connectivity index (χ1n) is 8.46. The number of aldehydes is 1. The first-order valence-corrected chi connectivity index (χ1v) is 8.46. The number of urea groups is 1. The van der Waals surface area contributed by atoms with Gasteiger partial charge in [0.1, 0.15) is 6.29 Å². The summed E-state index contributed by atoms with van der Waals surface area (Å²) in [6.45, 7) is 3.51. The van der Waals surface area contributed by atoms with Crippen LogP contribution in [0.15, 0.2) is 48.5 Å². The molecule has 3 rings (SSSR count). The fourth-order valence-electron chi connectivity index (χ4n) is 2.97. The summed E-state index contributed by atoms with van der Waals surface area (Å²) in [4.78, 5) is 27.0. The van der Waals surface area contributed by atoms with Gasteiger partial charge in [0.05, 0.1) is 0 Å².